The molecule has 0 aromatic carbocycles. The van der Waals surface area contributed by atoms with Gasteiger partial charge < -0.3 is 19.3 Å². The minimum atomic E-state index is 0.195. The Bertz CT molecular complexity index is 634. The van der Waals surface area contributed by atoms with Gasteiger partial charge in [-0.25, -0.2) is 4.98 Å². The van der Waals surface area contributed by atoms with Gasteiger partial charge in [-0.05, 0) is 18.5 Å². The molecule has 1 saturated heterocycles. The van der Waals surface area contributed by atoms with E-state index < -0.39 is 0 Å². The molecule has 0 aliphatic carbocycles. The molecule has 1 aliphatic rings. The van der Waals surface area contributed by atoms with Crippen molar-refractivity contribution in [1.82, 2.24) is 14.5 Å². The van der Waals surface area contributed by atoms with E-state index >= 15 is 0 Å². The molecule has 0 bridgehead atoms. The predicted molar refractivity (Wildman–Crippen MR) is 73.0 cm³/mol. The molecular formula is C12H15ClN4O2. The SMILES string of the molecule is Cc1c(O)n(C)c2c(N3CCOCC3)nc(Cl)nc12. The van der Waals surface area contributed by atoms with Gasteiger partial charge in [0.2, 0.25) is 5.28 Å². The van der Waals surface area contributed by atoms with Crippen molar-refractivity contribution >= 4 is 28.5 Å². The number of aromatic nitrogens is 3. The number of aromatic hydroxyl groups is 1. The van der Waals surface area contributed by atoms with Crippen LogP contribution in [0.5, 0.6) is 5.88 Å². The van der Waals surface area contributed by atoms with Gasteiger partial charge >= 0.3 is 0 Å². The van der Waals surface area contributed by atoms with Crippen LogP contribution >= 0.6 is 11.6 Å². The lowest BCUT2D eigenvalue weighted by Crippen LogP contribution is -2.37. The lowest BCUT2D eigenvalue weighted by atomic mass is 10.3. The normalized spacial score (nSPS) is 16.3. The van der Waals surface area contributed by atoms with E-state index in [-0.39, 0.29) is 11.2 Å². The first-order valence-corrected chi connectivity index (χ1v) is 6.51. The molecule has 0 spiro atoms. The van der Waals surface area contributed by atoms with Gasteiger partial charge in [0, 0.05) is 25.7 Å². The highest BCUT2D eigenvalue weighted by atomic mass is 35.5. The number of anilines is 1. The highest BCUT2D eigenvalue weighted by molar-refractivity contribution is 6.28. The average Bonchev–Trinajstić information content (AvgIpc) is 2.64. The maximum atomic E-state index is 10.1. The standard InChI is InChI=1S/C12H15ClN4O2/c1-7-8-9(16(2)11(7)18)10(15-12(13)14-8)17-3-5-19-6-4-17/h18H,3-6H2,1-2H3. The van der Waals surface area contributed by atoms with E-state index in [0.29, 0.717) is 18.7 Å². The van der Waals surface area contributed by atoms with Crippen molar-refractivity contribution in [2.75, 3.05) is 31.2 Å². The molecule has 0 saturated carbocycles. The number of ether oxygens (including phenoxy) is 1. The van der Waals surface area contributed by atoms with Crippen molar-refractivity contribution in [2.24, 2.45) is 7.05 Å². The molecule has 2 aromatic rings. The monoisotopic (exact) mass is 282 g/mol. The minimum absolute atomic E-state index is 0.195. The summed E-state index contributed by atoms with van der Waals surface area (Å²) in [7, 11) is 1.80. The fourth-order valence-corrected chi connectivity index (χ4v) is 2.61. The zero-order valence-electron chi connectivity index (χ0n) is 10.9. The fourth-order valence-electron chi connectivity index (χ4n) is 2.45. The van der Waals surface area contributed by atoms with Crippen LogP contribution in [0.4, 0.5) is 5.82 Å². The number of morpholine rings is 1. The quantitative estimate of drug-likeness (QED) is 0.803. The van der Waals surface area contributed by atoms with Crippen LogP contribution < -0.4 is 4.90 Å². The maximum Gasteiger partial charge on any atom is 0.225 e. The molecule has 102 valence electrons. The van der Waals surface area contributed by atoms with Crippen LogP contribution in [-0.4, -0.2) is 45.9 Å². The van der Waals surface area contributed by atoms with Crippen LogP contribution in [-0.2, 0) is 11.8 Å². The zero-order chi connectivity index (χ0) is 13.6. The molecule has 6 nitrogen and oxygen atoms in total. The predicted octanol–water partition coefficient (Wildman–Crippen LogP) is 1.47. The number of hydrogen-bond acceptors (Lipinski definition) is 5. The molecule has 0 unspecified atom stereocenters. The number of aryl methyl sites for hydroxylation is 2. The van der Waals surface area contributed by atoms with Crippen LogP contribution in [0.15, 0.2) is 0 Å². The van der Waals surface area contributed by atoms with Gasteiger partial charge in [0.05, 0.1) is 13.2 Å². The molecule has 3 rings (SSSR count). The van der Waals surface area contributed by atoms with Crippen LogP contribution in [0.1, 0.15) is 5.56 Å². The topological polar surface area (TPSA) is 63.4 Å². The number of nitrogens with zero attached hydrogens (tertiary/aromatic N) is 4. The Labute approximate surface area is 115 Å². The smallest absolute Gasteiger partial charge is 0.225 e. The lowest BCUT2D eigenvalue weighted by molar-refractivity contribution is 0.122. The molecule has 1 aliphatic heterocycles. The highest BCUT2D eigenvalue weighted by Crippen LogP contribution is 2.34. The van der Waals surface area contributed by atoms with Gasteiger partial charge in [-0.3, -0.25) is 0 Å². The highest BCUT2D eigenvalue weighted by Gasteiger charge is 2.22. The van der Waals surface area contributed by atoms with Crippen molar-refractivity contribution in [1.29, 1.82) is 0 Å². The van der Waals surface area contributed by atoms with E-state index in [9.17, 15) is 5.11 Å². The third-order valence-electron chi connectivity index (χ3n) is 3.49. The lowest BCUT2D eigenvalue weighted by Gasteiger charge is -2.28. The van der Waals surface area contributed by atoms with E-state index in [4.69, 9.17) is 16.3 Å². The van der Waals surface area contributed by atoms with Gasteiger partial charge in [-0.2, -0.15) is 4.98 Å². The molecule has 0 amide bonds. The van der Waals surface area contributed by atoms with Crippen LogP contribution in [0, 0.1) is 6.92 Å². The second kappa shape index (κ2) is 4.54. The van der Waals surface area contributed by atoms with E-state index in [2.05, 4.69) is 14.9 Å². The largest absolute Gasteiger partial charge is 0.494 e. The number of hydrogen-bond donors (Lipinski definition) is 1. The Morgan fingerprint density at radius 1 is 1.26 bits per heavy atom. The molecule has 0 radical (unpaired) electrons. The fraction of sp³-hybridized carbons (Fsp3) is 0.500. The summed E-state index contributed by atoms with van der Waals surface area (Å²) < 4.78 is 7.05. The van der Waals surface area contributed by atoms with Crippen molar-refractivity contribution in [2.45, 2.75) is 6.92 Å². The third-order valence-corrected chi connectivity index (χ3v) is 3.66. The third kappa shape index (κ3) is 1.91. The van der Waals surface area contributed by atoms with Crippen molar-refractivity contribution < 1.29 is 9.84 Å². The Kier molecular flexibility index (Phi) is 2.99. The van der Waals surface area contributed by atoms with E-state index in [1.54, 1.807) is 11.6 Å². The maximum absolute atomic E-state index is 10.1. The summed E-state index contributed by atoms with van der Waals surface area (Å²) in [5.74, 6) is 0.949. The Morgan fingerprint density at radius 2 is 1.95 bits per heavy atom. The van der Waals surface area contributed by atoms with Crippen LogP contribution in [0.3, 0.4) is 0 Å². The van der Waals surface area contributed by atoms with Crippen LogP contribution in [0.25, 0.3) is 11.0 Å². The number of halogens is 1. The zero-order valence-corrected chi connectivity index (χ0v) is 11.6. The Balaban J connectivity index is 2.25. The molecule has 0 atom stereocenters. The second-order valence-electron chi connectivity index (χ2n) is 4.62. The summed E-state index contributed by atoms with van der Waals surface area (Å²) in [4.78, 5) is 10.7. The first kappa shape index (κ1) is 12.5. The van der Waals surface area contributed by atoms with Gasteiger partial charge in [-0.1, -0.05) is 0 Å². The van der Waals surface area contributed by atoms with Crippen LogP contribution in [0.2, 0.25) is 5.28 Å². The second-order valence-corrected chi connectivity index (χ2v) is 4.96. The molecule has 3 heterocycles. The molecule has 1 N–H and O–H groups in total. The van der Waals surface area contributed by atoms with Gasteiger partial charge in [-0.15, -0.1) is 0 Å². The van der Waals surface area contributed by atoms with Gasteiger partial charge in [0.25, 0.3) is 0 Å². The first-order chi connectivity index (χ1) is 9.09. The first-order valence-electron chi connectivity index (χ1n) is 6.13. The summed E-state index contributed by atoms with van der Waals surface area (Å²) in [6, 6.07) is 0. The van der Waals surface area contributed by atoms with Crippen molar-refractivity contribution in [3.8, 4) is 5.88 Å². The summed E-state index contributed by atoms with van der Waals surface area (Å²) in [5, 5.41) is 10.2. The average molecular weight is 283 g/mol. The Morgan fingerprint density at radius 3 is 2.63 bits per heavy atom. The Hall–Kier alpha value is -1.53. The summed E-state index contributed by atoms with van der Waals surface area (Å²) in [5.41, 5.74) is 2.22. The minimum Gasteiger partial charge on any atom is -0.494 e. The van der Waals surface area contributed by atoms with E-state index in [1.807, 2.05) is 6.92 Å². The molecule has 1 fully saturated rings. The summed E-state index contributed by atoms with van der Waals surface area (Å²) in [6.45, 7) is 4.67. The molecule has 2 aromatic heterocycles. The summed E-state index contributed by atoms with van der Waals surface area (Å²) in [6.07, 6.45) is 0. The number of fused-ring (bicyclic) bond motifs is 1. The molecular weight excluding hydrogens is 268 g/mol. The van der Waals surface area contributed by atoms with E-state index in [0.717, 1.165) is 30.0 Å². The van der Waals surface area contributed by atoms with Gasteiger partial charge in [0.15, 0.2) is 11.7 Å². The van der Waals surface area contributed by atoms with Crippen molar-refractivity contribution in [3.05, 3.63) is 10.8 Å². The molecule has 7 heteroatoms. The summed E-state index contributed by atoms with van der Waals surface area (Å²) >= 11 is 6.01. The molecule has 19 heavy (non-hydrogen) atoms. The van der Waals surface area contributed by atoms with Gasteiger partial charge in [0.1, 0.15) is 11.0 Å². The van der Waals surface area contributed by atoms with Crippen molar-refractivity contribution in [3.63, 3.8) is 0 Å². The number of rotatable bonds is 1. The van der Waals surface area contributed by atoms with E-state index in [1.165, 1.54) is 0 Å².